The fraction of sp³-hybridized carbons (Fsp3) is 0.0435. The number of ketones is 1. The summed E-state index contributed by atoms with van der Waals surface area (Å²) in [7, 11) is 1.49. The van der Waals surface area contributed by atoms with Crippen molar-refractivity contribution in [1.29, 1.82) is 0 Å². The van der Waals surface area contributed by atoms with Gasteiger partial charge in [-0.05, 0) is 36.4 Å². The van der Waals surface area contributed by atoms with Crippen LogP contribution in [0.4, 0.5) is 17.1 Å². The van der Waals surface area contributed by atoms with Crippen molar-refractivity contribution in [2.75, 3.05) is 18.2 Å². The number of anilines is 2. The van der Waals surface area contributed by atoms with Gasteiger partial charge in [0.2, 0.25) is 5.78 Å². The smallest absolute Gasteiger partial charge is 0.269 e. The van der Waals surface area contributed by atoms with Gasteiger partial charge in [-0.15, -0.1) is 0 Å². The zero-order valence-corrected chi connectivity index (χ0v) is 16.9. The summed E-state index contributed by atoms with van der Waals surface area (Å²) in [4.78, 5) is 36.7. The Hall–Kier alpha value is -4.66. The molecule has 0 saturated heterocycles. The van der Waals surface area contributed by atoms with Gasteiger partial charge in [0.25, 0.3) is 11.6 Å². The molecule has 0 fully saturated rings. The van der Waals surface area contributed by atoms with Crippen molar-refractivity contribution < 1.29 is 19.2 Å². The van der Waals surface area contributed by atoms with Crippen LogP contribution in [0.15, 0.2) is 72.9 Å². The van der Waals surface area contributed by atoms with Crippen molar-refractivity contribution >= 4 is 34.3 Å². The standard InChI is InChI=1S/C23H18N4O5/c1-32-18-8-3-2-6-16(18)25-23(29)19-17-7-4-5-13-26(17)21(20(19)24)22(28)14-9-11-15(12-10-14)27(30)31/h2-13H,24H2,1H3,(H,25,29). The Kier molecular flexibility index (Phi) is 5.30. The Bertz CT molecular complexity index is 1360. The number of nitrogens with zero attached hydrogens (tertiary/aromatic N) is 2. The third-order valence-corrected chi connectivity index (χ3v) is 5.02. The molecule has 0 bridgehead atoms. The second-order valence-corrected chi connectivity index (χ2v) is 6.88. The molecule has 32 heavy (non-hydrogen) atoms. The lowest BCUT2D eigenvalue weighted by Gasteiger charge is -2.10. The molecular weight excluding hydrogens is 412 g/mol. The Balaban J connectivity index is 1.79. The minimum Gasteiger partial charge on any atom is -0.495 e. The Labute approximate surface area is 182 Å². The van der Waals surface area contributed by atoms with E-state index >= 15 is 0 Å². The van der Waals surface area contributed by atoms with E-state index in [4.69, 9.17) is 10.5 Å². The number of benzene rings is 2. The van der Waals surface area contributed by atoms with E-state index < -0.39 is 16.6 Å². The molecule has 2 heterocycles. The van der Waals surface area contributed by atoms with Gasteiger partial charge in [-0.2, -0.15) is 0 Å². The van der Waals surface area contributed by atoms with E-state index in [0.717, 1.165) is 0 Å². The molecule has 2 aromatic heterocycles. The number of non-ortho nitro benzene ring substituents is 1. The SMILES string of the molecule is COc1ccccc1NC(=O)c1c(N)c(C(=O)c2ccc([N+](=O)[O-])cc2)n2ccccc12. The molecule has 9 heteroatoms. The Morgan fingerprint density at radius 3 is 2.41 bits per heavy atom. The number of rotatable bonds is 6. The molecule has 0 aliphatic rings. The third-order valence-electron chi connectivity index (χ3n) is 5.02. The first kappa shape index (κ1) is 20.6. The lowest BCUT2D eigenvalue weighted by molar-refractivity contribution is -0.384. The number of carbonyl (C=O) groups excluding carboxylic acids is 2. The van der Waals surface area contributed by atoms with Crippen molar-refractivity contribution in [2.45, 2.75) is 0 Å². The van der Waals surface area contributed by atoms with Crippen molar-refractivity contribution in [3.05, 3.63) is 99.9 Å². The summed E-state index contributed by atoms with van der Waals surface area (Å²) in [5, 5.41) is 13.7. The van der Waals surface area contributed by atoms with Gasteiger partial charge in [-0.1, -0.05) is 18.2 Å². The molecule has 0 radical (unpaired) electrons. The second-order valence-electron chi connectivity index (χ2n) is 6.88. The molecule has 2 aromatic carbocycles. The quantitative estimate of drug-likeness (QED) is 0.271. The van der Waals surface area contributed by atoms with Crippen molar-refractivity contribution in [2.24, 2.45) is 0 Å². The first-order chi connectivity index (χ1) is 15.4. The first-order valence-electron chi connectivity index (χ1n) is 9.54. The van der Waals surface area contributed by atoms with Crippen LogP contribution in [0.2, 0.25) is 0 Å². The summed E-state index contributed by atoms with van der Waals surface area (Å²) in [6, 6.07) is 17.3. The van der Waals surface area contributed by atoms with Gasteiger partial charge in [-0.25, -0.2) is 0 Å². The highest BCUT2D eigenvalue weighted by atomic mass is 16.6. The average Bonchev–Trinajstić information content (AvgIpc) is 3.10. The summed E-state index contributed by atoms with van der Waals surface area (Å²) in [6.45, 7) is 0. The van der Waals surface area contributed by atoms with E-state index in [1.165, 1.54) is 35.8 Å². The van der Waals surface area contributed by atoms with Gasteiger partial charge in [0.15, 0.2) is 0 Å². The summed E-state index contributed by atoms with van der Waals surface area (Å²) < 4.78 is 6.81. The highest BCUT2D eigenvalue weighted by molar-refractivity contribution is 6.20. The number of hydrogen-bond acceptors (Lipinski definition) is 6. The number of fused-ring (bicyclic) bond motifs is 1. The molecular formula is C23H18N4O5. The van der Waals surface area contributed by atoms with Crippen LogP contribution in [0.25, 0.3) is 5.52 Å². The number of nitro benzene ring substituents is 1. The number of nitrogens with one attached hydrogen (secondary N) is 1. The molecule has 0 aliphatic heterocycles. The molecule has 0 saturated carbocycles. The van der Waals surface area contributed by atoms with E-state index in [1.807, 2.05) is 0 Å². The molecule has 3 N–H and O–H groups in total. The summed E-state index contributed by atoms with van der Waals surface area (Å²) >= 11 is 0. The van der Waals surface area contributed by atoms with Crippen LogP contribution in [0.1, 0.15) is 26.4 Å². The zero-order valence-electron chi connectivity index (χ0n) is 16.9. The molecule has 4 rings (SSSR count). The maximum Gasteiger partial charge on any atom is 0.269 e. The number of ether oxygens (including phenoxy) is 1. The molecule has 0 unspecified atom stereocenters. The summed E-state index contributed by atoms with van der Waals surface area (Å²) in [5.74, 6) is -0.487. The van der Waals surface area contributed by atoms with Gasteiger partial charge in [-0.3, -0.25) is 19.7 Å². The predicted octanol–water partition coefficient (Wildman–Crippen LogP) is 3.92. The zero-order chi connectivity index (χ0) is 22.8. The van der Waals surface area contributed by atoms with Crippen molar-refractivity contribution in [1.82, 2.24) is 4.40 Å². The lowest BCUT2D eigenvalue weighted by atomic mass is 10.1. The van der Waals surface area contributed by atoms with Gasteiger partial charge < -0.3 is 20.2 Å². The number of methoxy groups -OCH3 is 1. The number of amides is 1. The maximum absolute atomic E-state index is 13.2. The monoisotopic (exact) mass is 430 g/mol. The topological polar surface area (TPSA) is 129 Å². The average molecular weight is 430 g/mol. The highest BCUT2D eigenvalue weighted by Gasteiger charge is 2.26. The minimum absolute atomic E-state index is 0.00644. The second kappa shape index (κ2) is 8.23. The first-order valence-corrected chi connectivity index (χ1v) is 9.54. The van der Waals surface area contributed by atoms with Crippen molar-refractivity contribution in [3.63, 3.8) is 0 Å². The fourth-order valence-corrected chi connectivity index (χ4v) is 3.50. The third kappa shape index (κ3) is 3.52. The van der Waals surface area contributed by atoms with E-state index in [-0.39, 0.29) is 28.2 Å². The molecule has 0 aliphatic carbocycles. The van der Waals surface area contributed by atoms with Crippen LogP contribution < -0.4 is 15.8 Å². The number of nitrogen functional groups attached to an aromatic ring is 1. The van der Waals surface area contributed by atoms with Gasteiger partial charge in [0, 0.05) is 23.9 Å². The Morgan fingerprint density at radius 2 is 1.72 bits per heavy atom. The van der Waals surface area contributed by atoms with Gasteiger partial charge in [0.05, 0.1) is 34.5 Å². The normalized spacial score (nSPS) is 10.7. The number of aromatic nitrogens is 1. The van der Waals surface area contributed by atoms with Gasteiger partial charge >= 0.3 is 0 Å². The number of nitrogens with two attached hydrogens (primary N) is 1. The molecule has 0 atom stereocenters. The Morgan fingerprint density at radius 1 is 1.03 bits per heavy atom. The number of nitro groups is 1. The predicted molar refractivity (Wildman–Crippen MR) is 119 cm³/mol. The van der Waals surface area contributed by atoms with E-state index in [2.05, 4.69) is 5.32 Å². The number of hydrogen-bond donors (Lipinski definition) is 2. The molecule has 9 nitrogen and oxygen atoms in total. The lowest BCUT2D eigenvalue weighted by Crippen LogP contribution is -2.14. The molecule has 4 aromatic rings. The largest absolute Gasteiger partial charge is 0.495 e. The number of pyridine rings is 1. The van der Waals surface area contributed by atoms with Crippen LogP contribution in [-0.4, -0.2) is 28.1 Å². The number of carbonyl (C=O) groups is 2. The van der Waals surface area contributed by atoms with Crippen LogP contribution in [0.5, 0.6) is 5.75 Å². The molecule has 0 spiro atoms. The van der Waals surface area contributed by atoms with Crippen molar-refractivity contribution in [3.8, 4) is 5.75 Å². The van der Waals surface area contributed by atoms with E-state index in [9.17, 15) is 19.7 Å². The highest BCUT2D eigenvalue weighted by Crippen LogP contribution is 2.31. The van der Waals surface area contributed by atoms with Crippen LogP contribution >= 0.6 is 0 Å². The van der Waals surface area contributed by atoms with Crippen LogP contribution in [-0.2, 0) is 0 Å². The maximum atomic E-state index is 13.2. The van der Waals surface area contributed by atoms with E-state index in [0.29, 0.717) is 17.0 Å². The molecule has 1 amide bonds. The summed E-state index contributed by atoms with van der Waals surface area (Å²) in [6.07, 6.45) is 1.63. The number of para-hydroxylation sites is 2. The minimum atomic E-state index is -0.546. The van der Waals surface area contributed by atoms with Crippen LogP contribution in [0.3, 0.4) is 0 Å². The fourth-order valence-electron chi connectivity index (χ4n) is 3.50. The summed E-state index contributed by atoms with van der Waals surface area (Å²) in [5.41, 5.74) is 7.54. The van der Waals surface area contributed by atoms with E-state index in [1.54, 1.807) is 48.7 Å². The van der Waals surface area contributed by atoms with Gasteiger partial charge in [0.1, 0.15) is 11.4 Å². The van der Waals surface area contributed by atoms with Crippen LogP contribution in [0, 0.1) is 10.1 Å². The molecule has 160 valence electrons.